The molecule has 0 fully saturated rings. The molecule has 14 heavy (non-hydrogen) atoms. The van der Waals surface area contributed by atoms with E-state index in [4.69, 9.17) is 0 Å². The summed E-state index contributed by atoms with van der Waals surface area (Å²) in [5, 5.41) is 4.05. The number of para-hydroxylation sites is 1. The van der Waals surface area contributed by atoms with Gasteiger partial charge in [0.1, 0.15) is 19.3 Å². The average molecular weight is 188 g/mol. The van der Waals surface area contributed by atoms with Crippen molar-refractivity contribution < 1.29 is 0 Å². The molecule has 0 atom stereocenters. The Morgan fingerprint density at radius 2 is 2.07 bits per heavy atom. The van der Waals surface area contributed by atoms with Gasteiger partial charge in [0, 0.05) is 12.7 Å². The van der Waals surface area contributed by atoms with Gasteiger partial charge in [0.05, 0.1) is 0 Å². The molecular weight excluding hydrogens is 176 g/mol. The Balaban J connectivity index is 2.07. The molecule has 0 aliphatic rings. The molecular formula is C10H12N4. The zero-order chi connectivity index (χ0) is 9.80. The molecule has 0 aliphatic carbocycles. The molecule has 0 N–H and O–H groups in total. The Morgan fingerprint density at radius 3 is 2.71 bits per heavy atom. The van der Waals surface area contributed by atoms with Gasteiger partial charge < -0.3 is 4.90 Å². The van der Waals surface area contributed by atoms with Crippen LogP contribution in [0.15, 0.2) is 43.0 Å². The number of rotatable bonds is 3. The first-order valence-corrected chi connectivity index (χ1v) is 4.45. The van der Waals surface area contributed by atoms with Crippen LogP contribution in [0.4, 0.5) is 5.69 Å². The van der Waals surface area contributed by atoms with Crippen LogP contribution in [0.25, 0.3) is 0 Å². The molecule has 2 rings (SSSR count). The van der Waals surface area contributed by atoms with Crippen LogP contribution in [0, 0.1) is 0 Å². The molecule has 0 saturated heterocycles. The molecule has 0 spiro atoms. The second kappa shape index (κ2) is 3.91. The molecule has 0 aliphatic heterocycles. The van der Waals surface area contributed by atoms with Crippen LogP contribution in [0.1, 0.15) is 0 Å². The predicted molar refractivity (Wildman–Crippen MR) is 54.9 cm³/mol. The van der Waals surface area contributed by atoms with E-state index in [9.17, 15) is 0 Å². The van der Waals surface area contributed by atoms with Crippen molar-refractivity contribution in [1.82, 2.24) is 14.8 Å². The summed E-state index contributed by atoms with van der Waals surface area (Å²) in [6.45, 7) is 0.712. The van der Waals surface area contributed by atoms with Crippen LogP contribution in [0.2, 0.25) is 0 Å². The van der Waals surface area contributed by atoms with E-state index in [0.29, 0.717) is 6.67 Å². The summed E-state index contributed by atoms with van der Waals surface area (Å²) in [6, 6.07) is 10.2. The molecule has 4 heteroatoms. The molecule has 1 aromatic carbocycles. The van der Waals surface area contributed by atoms with Crippen LogP contribution < -0.4 is 4.90 Å². The lowest BCUT2D eigenvalue weighted by atomic mass is 10.3. The summed E-state index contributed by atoms with van der Waals surface area (Å²) in [5.74, 6) is 0. The first kappa shape index (κ1) is 8.74. The molecule has 0 bridgehead atoms. The van der Waals surface area contributed by atoms with Crippen molar-refractivity contribution in [3.63, 3.8) is 0 Å². The second-order valence-electron chi connectivity index (χ2n) is 3.11. The third-order valence-corrected chi connectivity index (χ3v) is 2.02. The van der Waals surface area contributed by atoms with Crippen LogP contribution in [0.5, 0.6) is 0 Å². The summed E-state index contributed by atoms with van der Waals surface area (Å²) >= 11 is 0. The number of anilines is 1. The third-order valence-electron chi connectivity index (χ3n) is 2.02. The van der Waals surface area contributed by atoms with E-state index in [-0.39, 0.29) is 0 Å². The Morgan fingerprint density at radius 1 is 1.29 bits per heavy atom. The van der Waals surface area contributed by atoms with Gasteiger partial charge in [-0.2, -0.15) is 5.10 Å². The zero-order valence-corrected chi connectivity index (χ0v) is 8.04. The molecule has 0 unspecified atom stereocenters. The van der Waals surface area contributed by atoms with Crippen LogP contribution >= 0.6 is 0 Å². The van der Waals surface area contributed by atoms with E-state index in [0.717, 1.165) is 0 Å². The number of benzene rings is 1. The van der Waals surface area contributed by atoms with Gasteiger partial charge in [0.2, 0.25) is 0 Å². The monoisotopic (exact) mass is 188 g/mol. The van der Waals surface area contributed by atoms with Gasteiger partial charge in [-0.15, -0.1) is 0 Å². The largest absolute Gasteiger partial charge is 0.355 e. The quantitative estimate of drug-likeness (QED) is 0.729. The zero-order valence-electron chi connectivity index (χ0n) is 8.04. The molecule has 2 aromatic rings. The fourth-order valence-corrected chi connectivity index (χ4v) is 1.29. The minimum atomic E-state index is 0.712. The third kappa shape index (κ3) is 1.90. The highest BCUT2D eigenvalue weighted by Crippen LogP contribution is 2.10. The van der Waals surface area contributed by atoms with Gasteiger partial charge in [0.25, 0.3) is 0 Å². The smallest absolute Gasteiger partial charge is 0.137 e. The minimum Gasteiger partial charge on any atom is -0.355 e. The van der Waals surface area contributed by atoms with E-state index in [1.165, 1.54) is 5.69 Å². The van der Waals surface area contributed by atoms with Gasteiger partial charge in [0.15, 0.2) is 0 Å². The summed E-state index contributed by atoms with van der Waals surface area (Å²) in [7, 11) is 2.02. The lowest BCUT2D eigenvalue weighted by molar-refractivity contribution is 0.606. The first-order chi connectivity index (χ1) is 6.86. The van der Waals surface area contributed by atoms with Crippen molar-refractivity contribution >= 4 is 5.69 Å². The summed E-state index contributed by atoms with van der Waals surface area (Å²) in [6.07, 6.45) is 3.25. The standard InChI is InChI=1S/C10H12N4/c1-13(9-14-8-11-7-12-14)10-5-3-2-4-6-10/h2-8H,9H2,1H3. The van der Waals surface area contributed by atoms with Crippen LogP contribution in [0.3, 0.4) is 0 Å². The maximum absolute atomic E-state index is 4.05. The van der Waals surface area contributed by atoms with E-state index >= 15 is 0 Å². The molecule has 0 radical (unpaired) electrons. The molecule has 72 valence electrons. The molecule has 1 aromatic heterocycles. The molecule has 1 heterocycles. The number of hydrogen-bond donors (Lipinski definition) is 0. The first-order valence-electron chi connectivity index (χ1n) is 4.45. The minimum absolute atomic E-state index is 0.712. The molecule has 4 nitrogen and oxygen atoms in total. The van der Waals surface area contributed by atoms with Crippen molar-refractivity contribution in [2.75, 3.05) is 11.9 Å². The van der Waals surface area contributed by atoms with Gasteiger partial charge in [-0.25, -0.2) is 9.67 Å². The highest BCUT2D eigenvalue weighted by Gasteiger charge is 1.99. The van der Waals surface area contributed by atoms with Crippen molar-refractivity contribution in [3.8, 4) is 0 Å². The van der Waals surface area contributed by atoms with Gasteiger partial charge in [-0.05, 0) is 12.1 Å². The highest BCUT2D eigenvalue weighted by atomic mass is 15.4. The van der Waals surface area contributed by atoms with Crippen molar-refractivity contribution in [1.29, 1.82) is 0 Å². The topological polar surface area (TPSA) is 34.0 Å². The lowest BCUT2D eigenvalue weighted by Crippen LogP contribution is -2.21. The fourth-order valence-electron chi connectivity index (χ4n) is 1.29. The van der Waals surface area contributed by atoms with Crippen molar-refractivity contribution in [2.45, 2.75) is 6.67 Å². The highest BCUT2D eigenvalue weighted by molar-refractivity contribution is 5.44. The maximum atomic E-state index is 4.05. The van der Waals surface area contributed by atoms with Crippen LogP contribution in [-0.2, 0) is 6.67 Å². The maximum Gasteiger partial charge on any atom is 0.137 e. The van der Waals surface area contributed by atoms with Crippen molar-refractivity contribution in [3.05, 3.63) is 43.0 Å². The van der Waals surface area contributed by atoms with E-state index < -0.39 is 0 Å². The number of nitrogens with zero attached hydrogens (tertiary/aromatic N) is 4. The summed E-state index contributed by atoms with van der Waals surface area (Å²) < 4.78 is 1.78. The Bertz CT molecular complexity index is 368. The predicted octanol–water partition coefficient (Wildman–Crippen LogP) is 1.37. The normalized spacial score (nSPS) is 10.1. The van der Waals surface area contributed by atoms with Crippen molar-refractivity contribution in [2.24, 2.45) is 0 Å². The summed E-state index contributed by atoms with van der Waals surface area (Å²) in [5.41, 5.74) is 1.17. The van der Waals surface area contributed by atoms with Gasteiger partial charge >= 0.3 is 0 Å². The summed E-state index contributed by atoms with van der Waals surface area (Å²) in [4.78, 5) is 6.00. The van der Waals surface area contributed by atoms with Crippen LogP contribution in [-0.4, -0.2) is 21.8 Å². The average Bonchev–Trinajstić information content (AvgIpc) is 2.72. The molecule has 0 saturated carbocycles. The fraction of sp³-hybridized carbons (Fsp3) is 0.200. The Kier molecular flexibility index (Phi) is 2.44. The number of hydrogen-bond acceptors (Lipinski definition) is 3. The number of aromatic nitrogens is 3. The van der Waals surface area contributed by atoms with E-state index in [1.807, 2.05) is 25.2 Å². The van der Waals surface area contributed by atoms with Gasteiger partial charge in [-0.1, -0.05) is 18.2 Å². The molecule has 0 amide bonds. The SMILES string of the molecule is CN(Cn1cncn1)c1ccccc1. The van der Waals surface area contributed by atoms with Gasteiger partial charge in [-0.3, -0.25) is 0 Å². The Hall–Kier alpha value is -1.84. The Labute approximate surface area is 82.8 Å². The second-order valence-corrected chi connectivity index (χ2v) is 3.11. The van der Waals surface area contributed by atoms with E-state index in [2.05, 4.69) is 27.1 Å². The lowest BCUT2D eigenvalue weighted by Gasteiger charge is -2.18. The van der Waals surface area contributed by atoms with E-state index in [1.54, 1.807) is 17.3 Å².